The average Bonchev–Trinajstić information content (AvgIpc) is 3.67. The minimum absolute atomic E-state index is 0.000134. The maximum Gasteiger partial charge on any atom is 0.239 e. The lowest BCUT2D eigenvalue weighted by Crippen LogP contribution is -2.64. The first-order chi connectivity index (χ1) is 20.7. The standard InChI is InChI=1S/C31H29N7O4S/c1-3-43(40,41)36-19-31(20-36,13-14-32)38-18-24(17-35-38)28-27-12-15-37(29(27)34-21-33-28)30(39)22(2)23-8-7-11-26(16-23)42-25-9-5-4-6-10-25/h4-12,15-18,21-22H,3,13,19-20H2,1-2H3. The molecular weight excluding hydrogens is 566 g/mol. The molecule has 12 heteroatoms. The van der Waals surface area contributed by atoms with Crippen molar-refractivity contribution in [3.63, 3.8) is 0 Å². The largest absolute Gasteiger partial charge is 0.457 e. The molecule has 0 bridgehead atoms. The van der Waals surface area contributed by atoms with Gasteiger partial charge in [-0.3, -0.25) is 14.0 Å². The average molecular weight is 596 g/mol. The topological polar surface area (TPSA) is 136 Å². The Kier molecular flexibility index (Phi) is 7.29. The molecule has 1 saturated heterocycles. The molecule has 1 fully saturated rings. The summed E-state index contributed by atoms with van der Waals surface area (Å²) in [6, 6.07) is 20.9. The van der Waals surface area contributed by atoms with Crippen LogP contribution >= 0.6 is 0 Å². The highest BCUT2D eigenvalue weighted by Gasteiger charge is 2.49. The van der Waals surface area contributed by atoms with Crippen LogP contribution in [0.1, 0.15) is 36.5 Å². The van der Waals surface area contributed by atoms with E-state index in [9.17, 15) is 18.5 Å². The Labute approximate surface area is 249 Å². The van der Waals surface area contributed by atoms with Crippen molar-refractivity contribution in [3.8, 4) is 28.8 Å². The number of hydrogen-bond donors (Lipinski definition) is 0. The second kappa shape index (κ2) is 11.1. The van der Waals surface area contributed by atoms with Crippen molar-refractivity contribution < 1.29 is 17.9 Å². The molecule has 11 nitrogen and oxygen atoms in total. The van der Waals surface area contributed by atoms with Crippen LogP contribution in [0.2, 0.25) is 0 Å². The molecule has 0 N–H and O–H groups in total. The molecule has 0 radical (unpaired) electrons. The molecule has 1 atom stereocenters. The van der Waals surface area contributed by atoms with Crippen molar-refractivity contribution in [3.05, 3.63) is 91.1 Å². The number of benzene rings is 2. The smallest absolute Gasteiger partial charge is 0.239 e. The van der Waals surface area contributed by atoms with E-state index >= 15 is 0 Å². The Bertz CT molecular complexity index is 1950. The fraction of sp³-hybridized carbons (Fsp3) is 0.258. The van der Waals surface area contributed by atoms with Crippen LogP contribution < -0.4 is 4.74 Å². The van der Waals surface area contributed by atoms with E-state index in [-0.39, 0.29) is 31.2 Å². The highest BCUT2D eigenvalue weighted by molar-refractivity contribution is 7.89. The van der Waals surface area contributed by atoms with Crippen LogP contribution in [-0.2, 0) is 15.6 Å². The van der Waals surface area contributed by atoms with E-state index in [0.29, 0.717) is 33.8 Å². The predicted molar refractivity (Wildman–Crippen MR) is 160 cm³/mol. The van der Waals surface area contributed by atoms with Crippen LogP contribution in [0.4, 0.5) is 0 Å². The van der Waals surface area contributed by atoms with Gasteiger partial charge >= 0.3 is 0 Å². The molecule has 0 aliphatic carbocycles. The number of ether oxygens (including phenoxy) is 1. The maximum atomic E-state index is 13.7. The molecule has 0 spiro atoms. The number of rotatable bonds is 9. The monoisotopic (exact) mass is 595 g/mol. The summed E-state index contributed by atoms with van der Waals surface area (Å²) in [6.45, 7) is 3.80. The van der Waals surface area contributed by atoms with E-state index in [1.165, 1.54) is 15.2 Å². The van der Waals surface area contributed by atoms with Crippen LogP contribution in [0, 0.1) is 11.3 Å². The Morgan fingerprint density at radius 2 is 1.86 bits per heavy atom. The number of aromatic nitrogens is 5. The number of hydrogen-bond acceptors (Lipinski definition) is 8. The van der Waals surface area contributed by atoms with Crippen molar-refractivity contribution in [2.24, 2.45) is 0 Å². The predicted octanol–water partition coefficient (Wildman–Crippen LogP) is 4.81. The van der Waals surface area contributed by atoms with Crippen molar-refractivity contribution in [2.75, 3.05) is 18.8 Å². The molecule has 1 aliphatic rings. The molecule has 1 unspecified atom stereocenters. The number of fused-ring (bicyclic) bond motifs is 1. The summed E-state index contributed by atoms with van der Waals surface area (Å²) in [6.07, 6.45) is 6.62. The maximum absolute atomic E-state index is 13.7. The van der Waals surface area contributed by atoms with Gasteiger partial charge in [0, 0.05) is 36.4 Å². The number of nitriles is 1. The van der Waals surface area contributed by atoms with Crippen LogP contribution in [-0.4, -0.2) is 61.8 Å². The van der Waals surface area contributed by atoms with Gasteiger partial charge in [0.2, 0.25) is 15.9 Å². The molecule has 1 aliphatic heterocycles. The van der Waals surface area contributed by atoms with Crippen LogP contribution in [0.3, 0.4) is 0 Å². The Hall–Kier alpha value is -4.86. The Morgan fingerprint density at radius 3 is 2.60 bits per heavy atom. The lowest BCUT2D eigenvalue weighted by atomic mass is 9.89. The molecule has 3 aromatic heterocycles. The minimum Gasteiger partial charge on any atom is -0.457 e. The zero-order valence-electron chi connectivity index (χ0n) is 23.7. The van der Waals surface area contributed by atoms with Crippen molar-refractivity contribution in [1.29, 1.82) is 5.26 Å². The van der Waals surface area contributed by atoms with E-state index in [1.807, 2.05) is 61.5 Å². The molecular formula is C31H29N7O4S. The molecule has 43 heavy (non-hydrogen) atoms. The zero-order valence-corrected chi connectivity index (χ0v) is 24.5. The summed E-state index contributed by atoms with van der Waals surface area (Å²) in [5.74, 6) is 0.704. The number of nitrogens with zero attached hydrogens (tertiary/aromatic N) is 7. The number of sulfonamides is 1. The summed E-state index contributed by atoms with van der Waals surface area (Å²) < 4.78 is 35.2. The highest BCUT2D eigenvalue weighted by atomic mass is 32.2. The summed E-state index contributed by atoms with van der Waals surface area (Å²) in [4.78, 5) is 22.6. The molecule has 6 rings (SSSR count). The van der Waals surface area contributed by atoms with E-state index in [2.05, 4.69) is 21.1 Å². The minimum atomic E-state index is -3.36. The SMILES string of the molecule is CCS(=O)(=O)N1CC(CC#N)(n2cc(-c3ncnc4c3ccn4C(=O)C(C)c3cccc(Oc4ccccc4)c3)cn2)C1. The number of para-hydroxylation sites is 1. The van der Waals surface area contributed by atoms with Crippen LogP contribution in [0.15, 0.2) is 85.6 Å². The van der Waals surface area contributed by atoms with Gasteiger partial charge in [0.15, 0.2) is 5.65 Å². The van der Waals surface area contributed by atoms with E-state index in [4.69, 9.17) is 4.74 Å². The van der Waals surface area contributed by atoms with E-state index in [0.717, 1.165) is 5.56 Å². The van der Waals surface area contributed by atoms with Crippen molar-refractivity contribution in [1.82, 2.24) is 28.6 Å². The van der Waals surface area contributed by atoms with Gasteiger partial charge in [-0.15, -0.1) is 0 Å². The van der Waals surface area contributed by atoms with Gasteiger partial charge < -0.3 is 4.74 Å². The van der Waals surface area contributed by atoms with E-state index in [1.54, 1.807) is 36.3 Å². The van der Waals surface area contributed by atoms with Gasteiger partial charge in [-0.25, -0.2) is 18.4 Å². The Balaban J connectivity index is 1.26. The zero-order chi connectivity index (χ0) is 30.2. The summed E-state index contributed by atoms with van der Waals surface area (Å²) in [5.41, 5.74) is 1.76. The van der Waals surface area contributed by atoms with Gasteiger partial charge in [0.25, 0.3) is 0 Å². The lowest BCUT2D eigenvalue weighted by molar-refractivity contribution is 0.0719. The second-order valence-corrected chi connectivity index (χ2v) is 12.9. The van der Waals surface area contributed by atoms with Crippen LogP contribution in [0.5, 0.6) is 11.5 Å². The molecule has 2 aromatic carbocycles. The highest BCUT2D eigenvalue weighted by Crippen LogP contribution is 2.36. The lowest BCUT2D eigenvalue weighted by Gasteiger charge is -2.47. The summed E-state index contributed by atoms with van der Waals surface area (Å²) in [5, 5.41) is 14.7. The van der Waals surface area contributed by atoms with Gasteiger partial charge in [0.05, 0.1) is 36.1 Å². The van der Waals surface area contributed by atoms with Gasteiger partial charge in [-0.1, -0.05) is 30.3 Å². The third kappa shape index (κ3) is 5.17. The third-order valence-electron chi connectivity index (χ3n) is 7.88. The normalized spacial score (nSPS) is 15.5. The summed E-state index contributed by atoms with van der Waals surface area (Å²) in [7, 11) is -3.36. The van der Waals surface area contributed by atoms with Gasteiger partial charge in [-0.2, -0.15) is 14.7 Å². The van der Waals surface area contributed by atoms with Crippen LogP contribution in [0.25, 0.3) is 22.3 Å². The molecule has 218 valence electrons. The number of carbonyl (C=O) groups is 1. The van der Waals surface area contributed by atoms with Gasteiger partial charge in [-0.05, 0) is 49.7 Å². The number of carbonyl (C=O) groups excluding carboxylic acids is 1. The first kappa shape index (κ1) is 28.3. The second-order valence-electron chi connectivity index (χ2n) is 10.6. The first-order valence-corrected chi connectivity index (χ1v) is 15.4. The fourth-order valence-corrected chi connectivity index (χ4v) is 6.60. The summed E-state index contributed by atoms with van der Waals surface area (Å²) >= 11 is 0. The molecule has 5 aromatic rings. The quantitative estimate of drug-likeness (QED) is 0.237. The first-order valence-electron chi connectivity index (χ1n) is 13.8. The van der Waals surface area contributed by atoms with Crippen molar-refractivity contribution >= 4 is 27.0 Å². The molecule has 0 amide bonds. The third-order valence-corrected chi connectivity index (χ3v) is 9.65. The fourth-order valence-electron chi connectivity index (χ4n) is 5.36. The van der Waals surface area contributed by atoms with E-state index < -0.39 is 21.5 Å². The molecule has 0 saturated carbocycles. The Morgan fingerprint density at radius 1 is 1.09 bits per heavy atom. The molecule has 4 heterocycles. The van der Waals surface area contributed by atoms with Gasteiger partial charge in [0.1, 0.15) is 23.4 Å². The van der Waals surface area contributed by atoms with Crippen molar-refractivity contribution in [2.45, 2.75) is 31.7 Å².